The van der Waals surface area contributed by atoms with Crippen LogP contribution < -0.4 is 5.32 Å². The Hall–Kier alpha value is -5.22. The van der Waals surface area contributed by atoms with Gasteiger partial charge in [0.15, 0.2) is 23.6 Å². The molecule has 1 aliphatic heterocycles. The number of amides is 1. The molecule has 15 nitrogen and oxygen atoms in total. The average Bonchev–Trinajstić information content (AvgIpc) is 3.20. The normalized spacial score (nSPS) is 32.9. The number of aliphatic hydroxyl groups is 3. The number of allylic oxidation sites excluding steroid dienone is 1. The summed E-state index contributed by atoms with van der Waals surface area (Å²) in [5.41, 5.74) is -6.91. The topological polar surface area (TPSA) is 221 Å². The van der Waals surface area contributed by atoms with Crippen LogP contribution in [0.15, 0.2) is 83.5 Å². The molecule has 1 heterocycles. The maximum Gasteiger partial charge on any atom is 0.338 e. The van der Waals surface area contributed by atoms with E-state index in [2.05, 4.69) is 5.32 Å². The lowest BCUT2D eigenvalue weighted by atomic mass is 9.44. The zero-order valence-corrected chi connectivity index (χ0v) is 34.9. The molecule has 4 aliphatic rings. The van der Waals surface area contributed by atoms with Crippen molar-refractivity contribution in [2.75, 3.05) is 6.61 Å². The van der Waals surface area contributed by atoms with Crippen molar-refractivity contribution in [2.24, 2.45) is 16.7 Å². The molecule has 4 N–H and O–H groups in total. The highest BCUT2D eigenvalue weighted by Crippen LogP contribution is 2.64. The molecule has 2 saturated carbocycles. The fourth-order valence-corrected chi connectivity index (χ4v) is 9.75. The van der Waals surface area contributed by atoms with Crippen LogP contribution in [0.2, 0.25) is 0 Å². The second-order valence-electron chi connectivity index (χ2n) is 17.0. The van der Waals surface area contributed by atoms with Gasteiger partial charge in [-0.3, -0.25) is 19.2 Å². The van der Waals surface area contributed by atoms with Crippen LogP contribution in [0, 0.1) is 16.7 Å². The van der Waals surface area contributed by atoms with Gasteiger partial charge >= 0.3 is 23.9 Å². The maximum absolute atomic E-state index is 15.4. The van der Waals surface area contributed by atoms with E-state index in [0.29, 0.717) is 11.1 Å². The second kappa shape index (κ2) is 16.3. The zero-order chi connectivity index (χ0) is 44.1. The van der Waals surface area contributed by atoms with Crippen LogP contribution >= 0.6 is 0 Å². The van der Waals surface area contributed by atoms with E-state index >= 15 is 4.79 Å². The van der Waals surface area contributed by atoms with Gasteiger partial charge in [0.2, 0.25) is 5.91 Å². The first-order chi connectivity index (χ1) is 28.1. The van der Waals surface area contributed by atoms with Crippen molar-refractivity contribution in [3.8, 4) is 0 Å². The van der Waals surface area contributed by atoms with Gasteiger partial charge in [0.25, 0.3) is 0 Å². The first-order valence-corrected chi connectivity index (χ1v) is 19.9. The van der Waals surface area contributed by atoms with Crippen LogP contribution in [0.3, 0.4) is 0 Å². The smallest absolute Gasteiger partial charge is 0.338 e. The van der Waals surface area contributed by atoms with E-state index in [0.717, 1.165) is 13.8 Å². The van der Waals surface area contributed by atoms with Crippen molar-refractivity contribution in [2.45, 2.75) is 122 Å². The first-order valence-electron chi connectivity index (χ1n) is 19.9. The van der Waals surface area contributed by atoms with Gasteiger partial charge in [-0.05, 0) is 56.5 Å². The summed E-state index contributed by atoms with van der Waals surface area (Å²) in [6, 6.07) is 14.8. The monoisotopic (exact) mass is 831 g/mol. The number of hydrogen-bond acceptors (Lipinski definition) is 14. The number of aliphatic hydroxyl groups excluding tert-OH is 2. The molecule has 2 aromatic carbocycles. The number of fused-ring (bicyclic) bond motifs is 5. The van der Waals surface area contributed by atoms with Crippen LogP contribution in [0.5, 0.6) is 0 Å². The molecular weight excluding hydrogens is 778 g/mol. The predicted molar refractivity (Wildman–Crippen MR) is 211 cm³/mol. The summed E-state index contributed by atoms with van der Waals surface area (Å²) in [6.07, 6.45) is -8.88. The molecule has 1 amide bonds. The molecule has 0 radical (unpaired) electrons. The van der Waals surface area contributed by atoms with Crippen LogP contribution in [0.4, 0.5) is 0 Å². The van der Waals surface area contributed by atoms with Crippen molar-refractivity contribution < 1.29 is 67.8 Å². The van der Waals surface area contributed by atoms with Crippen molar-refractivity contribution in [1.82, 2.24) is 5.32 Å². The van der Waals surface area contributed by atoms with E-state index in [4.69, 9.17) is 23.7 Å². The highest BCUT2D eigenvalue weighted by atomic mass is 16.6. The van der Waals surface area contributed by atoms with E-state index in [-0.39, 0.29) is 29.7 Å². The Bertz CT molecular complexity index is 2110. The molecule has 2 unspecified atom stereocenters. The molecule has 322 valence electrons. The molecule has 2 bridgehead atoms. The van der Waals surface area contributed by atoms with Crippen molar-refractivity contribution in [3.05, 3.63) is 94.6 Å². The number of ether oxygens (including phenoxy) is 5. The summed E-state index contributed by atoms with van der Waals surface area (Å²) in [5.74, 6) is -6.78. The second-order valence-corrected chi connectivity index (χ2v) is 17.0. The van der Waals surface area contributed by atoms with Gasteiger partial charge in [-0.2, -0.15) is 0 Å². The molecule has 11 atom stereocenters. The van der Waals surface area contributed by atoms with Gasteiger partial charge in [0.05, 0.1) is 35.6 Å². The first kappa shape index (κ1) is 44.3. The summed E-state index contributed by atoms with van der Waals surface area (Å²) in [4.78, 5) is 82.9. The maximum atomic E-state index is 15.4. The molecule has 3 aliphatic carbocycles. The standard InChI is InChI=1S/C45H53NO14/c1-9-23(2)39(52)46-33(27-16-12-10-13-17-27)34(50)41(54)58-29-21-45(55)38(59-40(53)28-18-14-11-15-19-28)36-43(8,30(49)20-31-44(36,22-56-31)60-26(5)48)37(51)35(57-25(4)47)32(24(29)3)42(45,6)7/h9-19,29-31,33-36,38,49-50,55H,20-22H2,1-8H3,(H,46,52)/b23-9+/t29-,30-,31+,33-,34+,35+,36?,38?,43+,44-,45+/m0/s1. The van der Waals surface area contributed by atoms with Gasteiger partial charge in [0, 0.05) is 37.7 Å². The Balaban J connectivity index is 1.56. The Kier molecular flexibility index (Phi) is 12.1. The van der Waals surface area contributed by atoms with E-state index in [9.17, 15) is 39.3 Å². The average molecular weight is 832 g/mol. The minimum atomic E-state index is -2.38. The third kappa shape index (κ3) is 7.24. The highest BCUT2D eigenvalue weighted by Gasteiger charge is 2.78. The predicted octanol–water partition coefficient (Wildman–Crippen LogP) is 3.39. The van der Waals surface area contributed by atoms with E-state index in [1.54, 1.807) is 82.3 Å². The fraction of sp³-hybridized carbons (Fsp3) is 0.511. The molecule has 15 heteroatoms. The lowest BCUT2D eigenvalue weighted by Crippen LogP contribution is -2.82. The lowest BCUT2D eigenvalue weighted by molar-refractivity contribution is -0.346. The summed E-state index contributed by atoms with van der Waals surface area (Å²) in [6.45, 7) is 11.2. The Morgan fingerprint density at radius 2 is 1.53 bits per heavy atom. The number of rotatable bonds is 10. The Morgan fingerprint density at radius 3 is 2.08 bits per heavy atom. The van der Waals surface area contributed by atoms with Gasteiger partial charge in [-0.15, -0.1) is 0 Å². The number of benzene rings is 2. The van der Waals surface area contributed by atoms with Crippen LogP contribution in [-0.2, 0) is 47.7 Å². The van der Waals surface area contributed by atoms with Crippen LogP contribution in [-0.4, -0.2) is 105 Å². The summed E-state index contributed by atoms with van der Waals surface area (Å²) in [5, 5.41) is 40.0. The molecule has 3 fully saturated rings. The van der Waals surface area contributed by atoms with Crippen LogP contribution in [0.1, 0.15) is 90.2 Å². The molecule has 6 rings (SSSR count). The third-order valence-electron chi connectivity index (χ3n) is 13.2. The number of esters is 4. The van der Waals surface area contributed by atoms with Gasteiger partial charge in [-0.25, -0.2) is 9.59 Å². The molecule has 0 spiro atoms. The number of carbonyl (C=O) groups excluding carboxylic acids is 6. The quantitative estimate of drug-likeness (QED) is 0.117. The number of nitrogens with one attached hydrogen (secondary N) is 1. The minimum Gasteiger partial charge on any atom is -0.456 e. The Labute approximate surface area is 348 Å². The van der Waals surface area contributed by atoms with Crippen molar-refractivity contribution in [3.63, 3.8) is 0 Å². The van der Waals surface area contributed by atoms with E-state index < -0.39 is 113 Å². The van der Waals surface area contributed by atoms with Gasteiger partial charge in [0.1, 0.15) is 23.9 Å². The number of Topliss-reactive ketones (excluding diaryl/α,β-unsaturated/α-hetero) is 1. The summed E-state index contributed by atoms with van der Waals surface area (Å²) in [7, 11) is 0. The number of hydrogen-bond donors (Lipinski definition) is 4. The molecule has 1 saturated heterocycles. The summed E-state index contributed by atoms with van der Waals surface area (Å²) >= 11 is 0. The van der Waals surface area contributed by atoms with E-state index in [1.165, 1.54) is 26.0 Å². The van der Waals surface area contributed by atoms with Gasteiger partial charge in [-0.1, -0.05) is 68.5 Å². The fourth-order valence-electron chi connectivity index (χ4n) is 9.75. The molecule has 60 heavy (non-hydrogen) atoms. The lowest BCUT2D eigenvalue weighted by Gasteiger charge is -2.67. The van der Waals surface area contributed by atoms with Crippen molar-refractivity contribution in [1.29, 1.82) is 0 Å². The number of ketones is 1. The third-order valence-corrected chi connectivity index (χ3v) is 13.2. The Morgan fingerprint density at radius 1 is 0.917 bits per heavy atom. The van der Waals surface area contributed by atoms with Gasteiger partial charge < -0.3 is 44.3 Å². The molecule has 0 aromatic heterocycles. The number of carbonyl (C=O) groups is 6. The van der Waals surface area contributed by atoms with E-state index in [1.807, 2.05) is 0 Å². The SMILES string of the molecule is C/C=C(\C)C(=O)N[C@@H](c1ccccc1)[C@@H](O)C(=O)O[C@H]1C[C@@]2(O)C(OC(=O)c3ccccc3)C3[C@](C)(C(=O)[C@H](OC(C)=O)C(=C1C)C2(C)C)[C@@H](O)C[C@H]1OC[C@@]31OC(C)=O. The minimum absolute atomic E-state index is 0.00140. The van der Waals surface area contributed by atoms with Crippen molar-refractivity contribution >= 4 is 35.6 Å². The molecule has 2 aromatic rings. The summed E-state index contributed by atoms with van der Waals surface area (Å²) < 4.78 is 30.2. The van der Waals surface area contributed by atoms with Crippen LogP contribution in [0.25, 0.3) is 0 Å². The molecular formula is C45H53NO14. The highest BCUT2D eigenvalue weighted by molar-refractivity contribution is 5.96. The largest absolute Gasteiger partial charge is 0.456 e. The zero-order valence-electron chi connectivity index (χ0n) is 34.9.